The molecule has 0 spiro atoms. The van der Waals surface area contributed by atoms with E-state index in [-0.39, 0.29) is 10.6 Å². The highest BCUT2D eigenvalue weighted by atomic mass is 35.5. The Bertz CT molecular complexity index is 488. The summed E-state index contributed by atoms with van der Waals surface area (Å²) in [6.45, 7) is 4.18. The van der Waals surface area contributed by atoms with E-state index < -0.39 is 17.5 Å². The van der Waals surface area contributed by atoms with Crippen molar-refractivity contribution in [1.29, 1.82) is 0 Å². The molecule has 0 bridgehead atoms. The first-order valence-corrected chi connectivity index (χ1v) is 6.54. The Morgan fingerprint density at radius 2 is 1.95 bits per heavy atom. The van der Waals surface area contributed by atoms with Gasteiger partial charge in [0.05, 0.1) is 43.8 Å². The van der Waals surface area contributed by atoms with Crippen LogP contribution in [0.3, 0.4) is 0 Å². The van der Waals surface area contributed by atoms with E-state index in [0.29, 0.717) is 18.7 Å². The fraction of sp³-hybridized carbons (Fsp3) is 0.462. The summed E-state index contributed by atoms with van der Waals surface area (Å²) in [6, 6.07) is 1.00. The van der Waals surface area contributed by atoms with Crippen LogP contribution in [0.25, 0.3) is 0 Å². The Balaban J connectivity index is 2.34. The number of likely N-dealkylation sites (N-methyl/N-ethyl adjacent to an activating group) is 1. The fourth-order valence-electron chi connectivity index (χ4n) is 2.17. The summed E-state index contributed by atoms with van der Waals surface area (Å²) in [7, 11) is 2.03. The number of carbonyl (C=O) groups is 1. The zero-order chi connectivity index (χ0) is 14.2. The smallest absolute Gasteiger partial charge is 0.258 e. The lowest BCUT2D eigenvalue weighted by molar-refractivity contribution is -0.883. The molecule has 1 fully saturated rings. The Labute approximate surface area is 115 Å². The van der Waals surface area contributed by atoms with E-state index in [1.54, 1.807) is 6.92 Å². The Hall–Kier alpha value is -1.20. The molecule has 104 valence electrons. The molecule has 0 saturated carbocycles. The summed E-state index contributed by atoms with van der Waals surface area (Å²) in [5.41, 5.74) is 0.0161. The van der Waals surface area contributed by atoms with Crippen molar-refractivity contribution in [2.24, 2.45) is 0 Å². The second-order valence-electron chi connectivity index (χ2n) is 4.93. The van der Waals surface area contributed by atoms with Gasteiger partial charge in [0.15, 0.2) is 11.6 Å². The number of nitrogens with one attached hydrogen (secondary N) is 1. The van der Waals surface area contributed by atoms with E-state index in [0.717, 1.165) is 19.2 Å². The predicted molar refractivity (Wildman–Crippen MR) is 68.6 cm³/mol. The van der Waals surface area contributed by atoms with Crippen molar-refractivity contribution < 1.29 is 18.5 Å². The average Bonchev–Trinajstić information content (AvgIpc) is 2.37. The third-order valence-corrected chi connectivity index (χ3v) is 3.94. The van der Waals surface area contributed by atoms with Gasteiger partial charge in [-0.3, -0.25) is 4.79 Å². The maximum Gasteiger partial charge on any atom is 0.258 e. The number of aryl methyl sites for hydroxylation is 1. The van der Waals surface area contributed by atoms with Crippen LogP contribution in [-0.2, 0) is 0 Å². The van der Waals surface area contributed by atoms with Gasteiger partial charge in [-0.2, -0.15) is 0 Å². The predicted octanol–water partition coefficient (Wildman–Crippen LogP) is 0.897. The maximum absolute atomic E-state index is 13.8. The van der Waals surface area contributed by atoms with Crippen molar-refractivity contribution in [2.75, 3.05) is 33.2 Å². The zero-order valence-corrected chi connectivity index (χ0v) is 11.7. The summed E-state index contributed by atoms with van der Waals surface area (Å²) in [4.78, 5) is 15.1. The number of amides is 1. The lowest BCUT2D eigenvalue weighted by Gasteiger charge is -2.30. The molecule has 6 heteroatoms. The van der Waals surface area contributed by atoms with Gasteiger partial charge in [-0.15, -0.1) is 0 Å². The minimum Gasteiger partial charge on any atom is -0.334 e. The molecule has 1 saturated heterocycles. The largest absolute Gasteiger partial charge is 0.334 e. The lowest BCUT2D eigenvalue weighted by atomic mass is 10.1. The molecule has 2 rings (SSSR count). The van der Waals surface area contributed by atoms with Gasteiger partial charge in [0.25, 0.3) is 5.91 Å². The van der Waals surface area contributed by atoms with Gasteiger partial charge in [0.1, 0.15) is 0 Å². The number of carbonyl (C=O) groups excluding carboxylic acids is 1. The van der Waals surface area contributed by atoms with Gasteiger partial charge in [-0.05, 0) is 18.6 Å². The Kier molecular flexibility index (Phi) is 4.06. The van der Waals surface area contributed by atoms with Crippen LogP contribution in [0.15, 0.2) is 6.07 Å². The summed E-state index contributed by atoms with van der Waals surface area (Å²) >= 11 is 5.95. The molecule has 1 aliphatic heterocycles. The lowest BCUT2D eigenvalue weighted by Crippen LogP contribution is -3.12. The van der Waals surface area contributed by atoms with Gasteiger partial charge in [0.2, 0.25) is 0 Å². The van der Waals surface area contributed by atoms with E-state index in [1.165, 1.54) is 9.80 Å². The Morgan fingerprint density at radius 1 is 1.37 bits per heavy atom. The number of hydrogen-bond acceptors (Lipinski definition) is 1. The molecule has 1 aromatic carbocycles. The highest BCUT2D eigenvalue weighted by molar-refractivity contribution is 6.34. The summed E-state index contributed by atoms with van der Waals surface area (Å²) in [5.74, 6) is -2.73. The molecule has 0 atom stereocenters. The molecule has 3 nitrogen and oxygen atoms in total. The molecule has 1 amide bonds. The summed E-state index contributed by atoms with van der Waals surface area (Å²) < 4.78 is 27.2. The zero-order valence-electron chi connectivity index (χ0n) is 10.9. The van der Waals surface area contributed by atoms with Crippen LogP contribution in [0.5, 0.6) is 0 Å². The number of rotatable bonds is 1. The van der Waals surface area contributed by atoms with Crippen LogP contribution < -0.4 is 4.90 Å². The first-order chi connectivity index (χ1) is 8.91. The van der Waals surface area contributed by atoms with E-state index in [1.807, 2.05) is 7.05 Å². The van der Waals surface area contributed by atoms with Crippen molar-refractivity contribution in [3.63, 3.8) is 0 Å². The molecular formula is C13H16ClF2N2O+. The van der Waals surface area contributed by atoms with Crippen LogP contribution in [0, 0.1) is 18.6 Å². The molecule has 0 aliphatic carbocycles. The number of quaternary nitrogens is 1. The quantitative estimate of drug-likeness (QED) is 0.764. The normalized spacial score (nSPS) is 16.8. The number of nitrogens with zero attached hydrogens (tertiary/aromatic N) is 1. The number of benzene rings is 1. The second-order valence-corrected chi connectivity index (χ2v) is 5.31. The fourth-order valence-corrected chi connectivity index (χ4v) is 2.39. The maximum atomic E-state index is 13.8. The molecule has 19 heavy (non-hydrogen) atoms. The van der Waals surface area contributed by atoms with Crippen LogP contribution in [-0.4, -0.2) is 44.0 Å². The van der Waals surface area contributed by atoms with Gasteiger partial charge in [-0.25, -0.2) is 8.78 Å². The van der Waals surface area contributed by atoms with Crippen LogP contribution in [0.1, 0.15) is 15.9 Å². The number of hydrogen-bond donors (Lipinski definition) is 1. The molecule has 1 N–H and O–H groups in total. The number of piperazine rings is 1. The summed E-state index contributed by atoms with van der Waals surface area (Å²) in [5, 5.41) is -0.00447. The van der Waals surface area contributed by atoms with Crippen LogP contribution in [0.4, 0.5) is 8.78 Å². The van der Waals surface area contributed by atoms with Crippen molar-refractivity contribution >= 4 is 17.5 Å². The third kappa shape index (κ3) is 2.72. The van der Waals surface area contributed by atoms with Crippen molar-refractivity contribution in [3.8, 4) is 0 Å². The van der Waals surface area contributed by atoms with E-state index in [4.69, 9.17) is 11.6 Å². The highest BCUT2D eigenvalue weighted by Crippen LogP contribution is 2.27. The second kappa shape index (κ2) is 5.43. The number of halogens is 3. The molecular weight excluding hydrogens is 274 g/mol. The highest BCUT2D eigenvalue weighted by Gasteiger charge is 2.28. The minimum atomic E-state index is -1.16. The molecule has 1 heterocycles. The molecule has 0 aromatic heterocycles. The van der Waals surface area contributed by atoms with Gasteiger partial charge < -0.3 is 9.80 Å². The SMILES string of the molecule is Cc1cc(F)c(F)c(C(=O)N2CC[NH+](C)CC2)c1Cl. The van der Waals surface area contributed by atoms with Gasteiger partial charge >= 0.3 is 0 Å². The average molecular weight is 290 g/mol. The standard InChI is InChI=1S/C13H15ClF2N2O/c1-8-7-9(15)12(16)10(11(8)14)13(19)18-5-3-17(2)4-6-18/h7H,3-6H2,1-2H3/p+1. The topological polar surface area (TPSA) is 24.8 Å². The van der Waals surface area contributed by atoms with Crippen molar-refractivity contribution in [3.05, 3.63) is 33.9 Å². The van der Waals surface area contributed by atoms with Gasteiger partial charge in [-0.1, -0.05) is 11.6 Å². The van der Waals surface area contributed by atoms with Crippen molar-refractivity contribution in [2.45, 2.75) is 6.92 Å². The Morgan fingerprint density at radius 3 is 2.53 bits per heavy atom. The molecule has 0 radical (unpaired) electrons. The van der Waals surface area contributed by atoms with Gasteiger partial charge in [0, 0.05) is 0 Å². The van der Waals surface area contributed by atoms with Crippen LogP contribution in [0.2, 0.25) is 5.02 Å². The molecule has 1 aromatic rings. The minimum absolute atomic E-state index is 0.00447. The van der Waals surface area contributed by atoms with E-state index in [9.17, 15) is 13.6 Å². The van der Waals surface area contributed by atoms with E-state index >= 15 is 0 Å². The molecule has 0 unspecified atom stereocenters. The van der Waals surface area contributed by atoms with Crippen molar-refractivity contribution in [1.82, 2.24) is 4.90 Å². The first kappa shape index (κ1) is 14.2. The summed E-state index contributed by atoms with van der Waals surface area (Å²) in [6.07, 6.45) is 0. The monoisotopic (exact) mass is 289 g/mol. The first-order valence-electron chi connectivity index (χ1n) is 6.16. The van der Waals surface area contributed by atoms with Crippen LogP contribution >= 0.6 is 11.6 Å². The van der Waals surface area contributed by atoms with E-state index in [2.05, 4.69) is 0 Å². The molecule has 1 aliphatic rings. The third-order valence-electron chi connectivity index (χ3n) is 3.46.